The van der Waals surface area contributed by atoms with Crippen LogP contribution in [0.2, 0.25) is 5.02 Å². The summed E-state index contributed by atoms with van der Waals surface area (Å²) in [6.07, 6.45) is 0. The van der Waals surface area contributed by atoms with E-state index in [-0.39, 0.29) is 18.6 Å². The fourth-order valence-corrected chi connectivity index (χ4v) is 4.28. The van der Waals surface area contributed by atoms with E-state index in [0.717, 1.165) is 43.2 Å². The van der Waals surface area contributed by atoms with Crippen LogP contribution in [-0.4, -0.2) is 61.2 Å². The molecule has 2 saturated heterocycles. The Bertz CT molecular complexity index is 960. The van der Waals surface area contributed by atoms with Gasteiger partial charge in [-0.3, -0.25) is 9.69 Å². The van der Waals surface area contributed by atoms with Crippen molar-refractivity contribution in [2.45, 2.75) is 19.4 Å². The van der Waals surface area contributed by atoms with Crippen LogP contribution in [0.5, 0.6) is 5.75 Å². The molecular weight excluding hydrogens is 416 g/mol. The second kappa shape index (κ2) is 8.77. The fraction of sp³-hybridized carbons (Fsp3) is 0.391. The van der Waals surface area contributed by atoms with Crippen molar-refractivity contribution in [1.82, 2.24) is 15.1 Å². The topological polar surface area (TPSA) is 65.1 Å². The van der Waals surface area contributed by atoms with Crippen LogP contribution in [0.4, 0.5) is 10.5 Å². The van der Waals surface area contributed by atoms with Crippen molar-refractivity contribution in [1.29, 1.82) is 0 Å². The molecule has 164 valence electrons. The van der Waals surface area contributed by atoms with Crippen LogP contribution in [0, 0.1) is 0 Å². The summed E-state index contributed by atoms with van der Waals surface area (Å²) >= 11 is 6.11. The van der Waals surface area contributed by atoms with Gasteiger partial charge in [-0.2, -0.15) is 0 Å². The molecule has 2 aromatic carbocycles. The highest BCUT2D eigenvalue weighted by molar-refractivity contribution is 6.30. The monoisotopic (exact) mass is 442 g/mol. The molecule has 1 N–H and O–H groups in total. The molecule has 0 radical (unpaired) electrons. The molecule has 2 heterocycles. The van der Waals surface area contributed by atoms with Crippen LogP contribution < -0.4 is 15.0 Å². The number of hydrogen-bond donors (Lipinski definition) is 1. The summed E-state index contributed by atoms with van der Waals surface area (Å²) in [6, 6.07) is 14.7. The van der Waals surface area contributed by atoms with E-state index in [1.54, 1.807) is 6.92 Å². The molecule has 2 aromatic rings. The lowest BCUT2D eigenvalue weighted by molar-refractivity contribution is -0.132. The van der Waals surface area contributed by atoms with Crippen LogP contribution in [0.25, 0.3) is 0 Å². The molecule has 0 aromatic heterocycles. The van der Waals surface area contributed by atoms with E-state index in [1.807, 2.05) is 55.5 Å². The number of carbonyl (C=O) groups is 2. The molecule has 2 aliphatic heterocycles. The summed E-state index contributed by atoms with van der Waals surface area (Å²) in [4.78, 5) is 31.6. The number of hydrogen-bond acceptors (Lipinski definition) is 5. The quantitative estimate of drug-likeness (QED) is 0.695. The minimum Gasteiger partial charge on any atom is -0.494 e. The van der Waals surface area contributed by atoms with Gasteiger partial charge in [-0.05, 0) is 49.7 Å². The number of piperazine rings is 1. The normalized spacial score (nSPS) is 22.0. The summed E-state index contributed by atoms with van der Waals surface area (Å²) in [6.45, 7) is 7.64. The van der Waals surface area contributed by atoms with E-state index in [1.165, 1.54) is 4.90 Å². The van der Waals surface area contributed by atoms with Gasteiger partial charge in [-0.15, -0.1) is 0 Å². The highest BCUT2D eigenvalue weighted by Crippen LogP contribution is 2.30. The summed E-state index contributed by atoms with van der Waals surface area (Å²) in [7, 11) is 0. The van der Waals surface area contributed by atoms with Crippen molar-refractivity contribution >= 4 is 29.2 Å². The second-order valence-electron chi connectivity index (χ2n) is 7.97. The lowest BCUT2D eigenvalue weighted by Crippen LogP contribution is -2.51. The minimum absolute atomic E-state index is 0.237. The number of nitrogens with one attached hydrogen (secondary N) is 1. The summed E-state index contributed by atoms with van der Waals surface area (Å²) in [5, 5.41) is 3.59. The van der Waals surface area contributed by atoms with E-state index in [0.29, 0.717) is 11.6 Å². The third-order valence-electron chi connectivity index (χ3n) is 5.90. The molecule has 7 nitrogen and oxygen atoms in total. The molecule has 31 heavy (non-hydrogen) atoms. The van der Waals surface area contributed by atoms with Gasteiger partial charge in [-0.1, -0.05) is 29.8 Å². The molecule has 0 saturated carbocycles. The first kappa shape index (κ1) is 21.5. The predicted molar refractivity (Wildman–Crippen MR) is 120 cm³/mol. The van der Waals surface area contributed by atoms with Gasteiger partial charge in [0, 0.05) is 36.9 Å². The van der Waals surface area contributed by atoms with E-state index in [9.17, 15) is 9.59 Å². The van der Waals surface area contributed by atoms with Crippen LogP contribution in [0.3, 0.4) is 0 Å². The lowest BCUT2D eigenvalue weighted by Gasteiger charge is -2.37. The first-order valence-corrected chi connectivity index (χ1v) is 10.9. The van der Waals surface area contributed by atoms with E-state index in [2.05, 4.69) is 15.1 Å². The molecule has 4 rings (SSSR count). The molecule has 0 unspecified atom stereocenters. The molecule has 8 heteroatoms. The first-order chi connectivity index (χ1) is 14.9. The van der Waals surface area contributed by atoms with Gasteiger partial charge < -0.3 is 15.0 Å². The maximum Gasteiger partial charge on any atom is 0.326 e. The maximum atomic E-state index is 13.2. The van der Waals surface area contributed by atoms with Gasteiger partial charge in [0.1, 0.15) is 11.3 Å². The molecule has 1 atom stereocenters. The predicted octanol–water partition coefficient (Wildman–Crippen LogP) is 3.29. The first-order valence-electron chi connectivity index (χ1n) is 10.5. The Morgan fingerprint density at radius 2 is 1.77 bits per heavy atom. The lowest BCUT2D eigenvalue weighted by atomic mass is 9.92. The van der Waals surface area contributed by atoms with Gasteiger partial charge >= 0.3 is 6.03 Å². The third-order valence-corrected chi connectivity index (χ3v) is 6.14. The van der Waals surface area contributed by atoms with Gasteiger partial charge in [0.05, 0.1) is 13.3 Å². The van der Waals surface area contributed by atoms with Crippen molar-refractivity contribution in [3.05, 3.63) is 59.1 Å². The Kier molecular flexibility index (Phi) is 6.07. The largest absolute Gasteiger partial charge is 0.494 e. The average Bonchev–Trinajstić information content (AvgIpc) is 2.99. The van der Waals surface area contributed by atoms with Crippen molar-refractivity contribution in [2.24, 2.45) is 0 Å². The van der Waals surface area contributed by atoms with Crippen molar-refractivity contribution in [3.8, 4) is 5.75 Å². The van der Waals surface area contributed by atoms with Gasteiger partial charge in [0.15, 0.2) is 0 Å². The molecule has 3 amide bonds. The molecule has 0 aliphatic carbocycles. The van der Waals surface area contributed by atoms with E-state index >= 15 is 0 Å². The van der Waals surface area contributed by atoms with Crippen molar-refractivity contribution in [3.63, 3.8) is 0 Å². The maximum absolute atomic E-state index is 13.2. The van der Waals surface area contributed by atoms with Crippen molar-refractivity contribution < 1.29 is 14.3 Å². The summed E-state index contributed by atoms with van der Waals surface area (Å²) in [5.74, 6) is 0.500. The van der Waals surface area contributed by atoms with Crippen LogP contribution >= 0.6 is 11.6 Å². The van der Waals surface area contributed by atoms with E-state index in [4.69, 9.17) is 16.3 Å². The number of amides is 3. The molecular formula is C23H27ClN4O3. The zero-order chi connectivity index (χ0) is 22.0. The third kappa shape index (κ3) is 4.34. The summed E-state index contributed by atoms with van der Waals surface area (Å²) < 4.78 is 5.47. The van der Waals surface area contributed by atoms with E-state index < -0.39 is 5.54 Å². The molecule has 2 aliphatic rings. The Morgan fingerprint density at radius 1 is 1.06 bits per heavy atom. The number of benzene rings is 2. The Balaban J connectivity index is 1.39. The SMILES string of the molecule is CCOc1ccc([C@]2(C)NC(=O)N(CN3CCN(c4cccc(Cl)c4)CC3)C2=O)cc1. The Hall–Kier alpha value is -2.77. The number of rotatable bonds is 6. The second-order valence-corrected chi connectivity index (χ2v) is 8.41. The van der Waals surface area contributed by atoms with Gasteiger partial charge in [0.2, 0.25) is 0 Å². The number of imide groups is 1. The zero-order valence-corrected chi connectivity index (χ0v) is 18.6. The molecule has 2 fully saturated rings. The Labute approximate surface area is 187 Å². The van der Waals surface area contributed by atoms with Crippen LogP contribution in [-0.2, 0) is 10.3 Å². The highest BCUT2D eigenvalue weighted by Gasteiger charge is 2.49. The molecule has 0 spiro atoms. The Morgan fingerprint density at radius 3 is 2.42 bits per heavy atom. The zero-order valence-electron chi connectivity index (χ0n) is 17.8. The standard InChI is InChI=1S/C23H27ClN4O3/c1-3-31-20-9-7-17(8-10-20)23(2)21(29)28(22(30)25-23)16-26-11-13-27(14-12-26)19-6-4-5-18(24)15-19/h4-10,15H,3,11-14,16H2,1-2H3,(H,25,30)/t23-/m0/s1. The summed E-state index contributed by atoms with van der Waals surface area (Å²) in [5.41, 5.74) is 0.748. The number of ether oxygens (including phenoxy) is 1. The smallest absolute Gasteiger partial charge is 0.326 e. The van der Waals surface area contributed by atoms with Crippen LogP contribution in [0.15, 0.2) is 48.5 Å². The number of urea groups is 1. The number of nitrogens with zero attached hydrogens (tertiary/aromatic N) is 3. The fourth-order valence-electron chi connectivity index (χ4n) is 4.09. The van der Waals surface area contributed by atoms with Gasteiger partial charge in [0.25, 0.3) is 5.91 Å². The number of halogens is 1. The number of carbonyl (C=O) groups excluding carboxylic acids is 2. The van der Waals surface area contributed by atoms with Crippen molar-refractivity contribution in [2.75, 3.05) is 44.4 Å². The minimum atomic E-state index is -1.08. The van der Waals surface area contributed by atoms with Gasteiger partial charge in [-0.25, -0.2) is 9.69 Å². The van der Waals surface area contributed by atoms with Crippen LogP contribution in [0.1, 0.15) is 19.4 Å². The number of anilines is 1. The highest BCUT2D eigenvalue weighted by atomic mass is 35.5. The molecule has 0 bridgehead atoms. The average molecular weight is 443 g/mol.